The van der Waals surface area contributed by atoms with Crippen molar-refractivity contribution in [2.45, 2.75) is 26.9 Å². The first-order valence-electron chi connectivity index (χ1n) is 9.30. The van der Waals surface area contributed by atoms with Crippen molar-refractivity contribution in [2.24, 2.45) is 0 Å². The van der Waals surface area contributed by atoms with Crippen LogP contribution < -0.4 is 9.64 Å². The highest BCUT2D eigenvalue weighted by molar-refractivity contribution is 7.22. The van der Waals surface area contributed by atoms with Crippen LogP contribution in [0.4, 0.5) is 5.13 Å². The van der Waals surface area contributed by atoms with Gasteiger partial charge in [-0.3, -0.25) is 19.4 Å². The van der Waals surface area contributed by atoms with Gasteiger partial charge in [-0.25, -0.2) is 4.98 Å². The number of anilines is 1. The molecule has 4 aromatic rings. The second-order valence-electron chi connectivity index (χ2n) is 6.53. The first kappa shape index (κ1) is 19.1. The molecule has 0 saturated heterocycles. The minimum atomic E-state index is -0.210. The van der Waals surface area contributed by atoms with Crippen molar-refractivity contribution in [3.63, 3.8) is 0 Å². The van der Waals surface area contributed by atoms with Gasteiger partial charge in [-0.15, -0.1) is 0 Å². The molecule has 1 aromatic carbocycles. The van der Waals surface area contributed by atoms with Crippen molar-refractivity contribution in [1.29, 1.82) is 0 Å². The maximum atomic E-state index is 13.4. The number of carbonyl (C=O) groups excluding carboxylic acids is 1. The van der Waals surface area contributed by atoms with E-state index >= 15 is 0 Å². The number of rotatable bonds is 6. The van der Waals surface area contributed by atoms with Gasteiger partial charge in [-0.05, 0) is 43.7 Å². The van der Waals surface area contributed by atoms with Gasteiger partial charge in [-0.2, -0.15) is 5.10 Å². The number of pyridine rings is 1. The van der Waals surface area contributed by atoms with Crippen LogP contribution in [-0.2, 0) is 13.1 Å². The van der Waals surface area contributed by atoms with Gasteiger partial charge in [0.2, 0.25) is 0 Å². The monoisotopic (exact) mass is 407 g/mol. The molecule has 0 aliphatic rings. The molecule has 0 spiro atoms. The number of carbonyl (C=O) groups is 1. The Morgan fingerprint density at radius 3 is 2.79 bits per heavy atom. The summed E-state index contributed by atoms with van der Waals surface area (Å²) in [6.45, 7) is 5.01. The molecule has 8 heteroatoms. The zero-order chi connectivity index (χ0) is 20.4. The van der Waals surface area contributed by atoms with Gasteiger partial charge in [0.1, 0.15) is 11.3 Å². The quantitative estimate of drug-likeness (QED) is 0.482. The summed E-state index contributed by atoms with van der Waals surface area (Å²) in [5.41, 5.74) is 3.00. The van der Waals surface area contributed by atoms with E-state index in [1.165, 1.54) is 11.3 Å². The van der Waals surface area contributed by atoms with E-state index in [1.54, 1.807) is 35.2 Å². The Bertz CT molecular complexity index is 1150. The fourth-order valence-corrected chi connectivity index (χ4v) is 4.10. The van der Waals surface area contributed by atoms with Gasteiger partial charge in [-0.1, -0.05) is 23.5 Å². The van der Waals surface area contributed by atoms with Gasteiger partial charge >= 0.3 is 0 Å². The molecule has 7 nitrogen and oxygen atoms in total. The zero-order valence-electron chi connectivity index (χ0n) is 16.5. The second-order valence-corrected chi connectivity index (χ2v) is 7.51. The number of methoxy groups -OCH3 is 1. The fraction of sp³-hybridized carbons (Fsp3) is 0.238. The SMILES string of the molecule is CCn1ccc(C(=O)N(Cc2ccccn2)c2nc3c(OC)ccc(C)c3s2)n1. The number of aromatic nitrogens is 4. The lowest BCUT2D eigenvalue weighted by molar-refractivity contribution is 0.0979. The number of hydrogen-bond acceptors (Lipinski definition) is 6. The maximum Gasteiger partial charge on any atom is 0.280 e. The van der Waals surface area contributed by atoms with E-state index in [1.807, 2.05) is 44.2 Å². The number of aryl methyl sites for hydroxylation is 2. The molecule has 0 bridgehead atoms. The number of fused-ring (bicyclic) bond motifs is 1. The zero-order valence-corrected chi connectivity index (χ0v) is 17.3. The first-order valence-corrected chi connectivity index (χ1v) is 10.1. The number of amides is 1. The van der Waals surface area contributed by atoms with Crippen molar-refractivity contribution in [3.8, 4) is 5.75 Å². The highest BCUT2D eigenvalue weighted by Crippen LogP contribution is 2.37. The number of thiazole rings is 1. The van der Waals surface area contributed by atoms with Crippen molar-refractivity contribution < 1.29 is 9.53 Å². The molecule has 29 heavy (non-hydrogen) atoms. The highest BCUT2D eigenvalue weighted by atomic mass is 32.1. The molecule has 0 radical (unpaired) electrons. The molecule has 4 rings (SSSR count). The Labute approximate surface area is 172 Å². The molecular weight excluding hydrogens is 386 g/mol. The molecule has 0 fully saturated rings. The number of benzene rings is 1. The van der Waals surface area contributed by atoms with Crippen molar-refractivity contribution in [3.05, 3.63) is 65.7 Å². The number of hydrogen-bond donors (Lipinski definition) is 0. The Hall–Kier alpha value is -3.26. The topological polar surface area (TPSA) is 73.1 Å². The predicted octanol–water partition coefficient (Wildman–Crippen LogP) is 4.07. The summed E-state index contributed by atoms with van der Waals surface area (Å²) < 4.78 is 8.20. The molecule has 148 valence electrons. The van der Waals surface area contributed by atoms with Crippen LogP contribution >= 0.6 is 11.3 Å². The molecular formula is C21H21N5O2S. The average molecular weight is 407 g/mol. The highest BCUT2D eigenvalue weighted by Gasteiger charge is 2.25. The van der Waals surface area contributed by atoms with E-state index in [0.29, 0.717) is 29.7 Å². The summed E-state index contributed by atoms with van der Waals surface area (Å²) in [7, 11) is 1.62. The first-order chi connectivity index (χ1) is 14.1. The molecule has 3 aromatic heterocycles. The predicted molar refractivity (Wildman–Crippen MR) is 114 cm³/mol. The molecule has 0 unspecified atom stereocenters. The molecule has 0 N–H and O–H groups in total. The van der Waals surface area contributed by atoms with E-state index in [2.05, 4.69) is 10.1 Å². The summed E-state index contributed by atoms with van der Waals surface area (Å²) in [5.74, 6) is 0.479. The van der Waals surface area contributed by atoms with Crippen LogP contribution in [0, 0.1) is 6.92 Å². The van der Waals surface area contributed by atoms with Gasteiger partial charge in [0, 0.05) is 18.9 Å². The summed E-state index contributed by atoms with van der Waals surface area (Å²) in [6.07, 6.45) is 3.52. The van der Waals surface area contributed by atoms with Gasteiger partial charge in [0.05, 0.1) is 24.0 Å². The Morgan fingerprint density at radius 1 is 1.24 bits per heavy atom. The summed E-state index contributed by atoms with van der Waals surface area (Å²) in [6, 6.07) is 11.3. The number of ether oxygens (including phenoxy) is 1. The lowest BCUT2D eigenvalue weighted by Crippen LogP contribution is -2.31. The van der Waals surface area contributed by atoms with Crippen LogP contribution in [0.15, 0.2) is 48.8 Å². The standard InChI is InChI=1S/C21H21N5O2S/c1-4-25-12-10-16(24-25)20(27)26(13-15-7-5-6-11-22-15)21-23-18-17(28-3)9-8-14(2)19(18)29-21/h5-12H,4,13H2,1-3H3. The smallest absolute Gasteiger partial charge is 0.280 e. The normalized spacial score (nSPS) is 11.0. The van der Waals surface area contributed by atoms with Crippen molar-refractivity contribution in [1.82, 2.24) is 19.7 Å². The van der Waals surface area contributed by atoms with E-state index in [-0.39, 0.29) is 5.91 Å². The second kappa shape index (κ2) is 8.00. The summed E-state index contributed by atoms with van der Waals surface area (Å²) >= 11 is 1.47. The lowest BCUT2D eigenvalue weighted by Gasteiger charge is -2.18. The van der Waals surface area contributed by atoms with Crippen LogP contribution in [0.25, 0.3) is 10.2 Å². The number of nitrogens with zero attached hydrogens (tertiary/aromatic N) is 5. The molecule has 0 saturated carbocycles. The third kappa shape index (κ3) is 3.71. The molecule has 0 aliphatic heterocycles. The molecule has 1 amide bonds. The van der Waals surface area contributed by atoms with Crippen LogP contribution in [-0.4, -0.2) is 32.8 Å². The van der Waals surface area contributed by atoms with E-state index in [9.17, 15) is 4.79 Å². The maximum absolute atomic E-state index is 13.4. The Kier molecular flexibility index (Phi) is 5.26. The Morgan fingerprint density at radius 2 is 2.10 bits per heavy atom. The Balaban J connectivity index is 1.80. The van der Waals surface area contributed by atoms with E-state index in [4.69, 9.17) is 9.72 Å². The van der Waals surface area contributed by atoms with Gasteiger partial charge < -0.3 is 4.74 Å². The molecule has 0 atom stereocenters. The average Bonchev–Trinajstić information content (AvgIpc) is 3.40. The summed E-state index contributed by atoms with van der Waals surface area (Å²) in [4.78, 5) is 24.1. The van der Waals surface area contributed by atoms with Crippen LogP contribution in [0.1, 0.15) is 28.7 Å². The molecule has 0 aliphatic carbocycles. The third-order valence-corrected chi connectivity index (χ3v) is 5.83. The summed E-state index contributed by atoms with van der Waals surface area (Å²) in [5, 5.41) is 4.97. The minimum Gasteiger partial charge on any atom is -0.494 e. The van der Waals surface area contributed by atoms with Crippen LogP contribution in [0.5, 0.6) is 5.75 Å². The largest absolute Gasteiger partial charge is 0.494 e. The fourth-order valence-electron chi connectivity index (χ4n) is 3.05. The van der Waals surface area contributed by atoms with Crippen molar-refractivity contribution >= 4 is 32.6 Å². The van der Waals surface area contributed by atoms with Gasteiger partial charge in [0.15, 0.2) is 10.8 Å². The molecule has 3 heterocycles. The van der Waals surface area contributed by atoms with Gasteiger partial charge in [0.25, 0.3) is 5.91 Å². The minimum absolute atomic E-state index is 0.210. The van der Waals surface area contributed by atoms with E-state index < -0.39 is 0 Å². The van der Waals surface area contributed by atoms with Crippen molar-refractivity contribution in [2.75, 3.05) is 12.0 Å². The van der Waals surface area contributed by atoms with Crippen LogP contribution in [0.2, 0.25) is 0 Å². The van der Waals surface area contributed by atoms with Crippen LogP contribution in [0.3, 0.4) is 0 Å². The van der Waals surface area contributed by atoms with E-state index in [0.717, 1.165) is 21.5 Å². The third-order valence-electron chi connectivity index (χ3n) is 4.62. The lowest BCUT2D eigenvalue weighted by atomic mass is 10.2.